The molecule has 0 saturated heterocycles. The van der Waals surface area contributed by atoms with Crippen LogP contribution in [0.25, 0.3) is 0 Å². The Morgan fingerprint density at radius 1 is 1.17 bits per heavy atom. The van der Waals surface area contributed by atoms with Crippen LogP contribution in [0.1, 0.15) is 59.3 Å². The van der Waals surface area contributed by atoms with Crippen LogP contribution in [0.15, 0.2) is 42.6 Å². The lowest BCUT2D eigenvalue weighted by Crippen LogP contribution is -2.25. The first-order chi connectivity index (χ1) is 8.64. The minimum absolute atomic E-state index is 0.154. The van der Waals surface area contributed by atoms with E-state index < -0.39 is 0 Å². The molecule has 0 saturated carbocycles. The number of hydrogen-bond acceptors (Lipinski definition) is 1. The van der Waals surface area contributed by atoms with E-state index in [1.54, 1.807) is 12.3 Å². The maximum Gasteiger partial charge on any atom is 0.0462 e. The van der Waals surface area contributed by atoms with Gasteiger partial charge < -0.3 is 0 Å². The molecular weight excluding hydrogens is 218 g/mol. The highest BCUT2D eigenvalue weighted by molar-refractivity contribution is 6.00. The van der Waals surface area contributed by atoms with Gasteiger partial charge in [-0.15, -0.1) is 0 Å². The van der Waals surface area contributed by atoms with E-state index in [0.29, 0.717) is 0 Å². The van der Waals surface area contributed by atoms with E-state index in [2.05, 4.69) is 45.0 Å². The lowest BCUT2D eigenvalue weighted by atomic mass is 9.77. The van der Waals surface area contributed by atoms with Crippen LogP contribution in [0.2, 0.25) is 0 Å². The van der Waals surface area contributed by atoms with Gasteiger partial charge in [0.2, 0.25) is 0 Å². The molecule has 1 nitrogen and oxygen atoms in total. The van der Waals surface area contributed by atoms with Gasteiger partial charge in [0.15, 0.2) is 0 Å². The van der Waals surface area contributed by atoms with Crippen LogP contribution in [0.4, 0.5) is 0 Å². The molecular formula is C17H29N. The van der Waals surface area contributed by atoms with Crippen molar-refractivity contribution < 1.29 is 0 Å². The van der Waals surface area contributed by atoms with Crippen molar-refractivity contribution in [3.05, 3.63) is 37.6 Å². The molecule has 0 amide bonds. The Balaban J connectivity index is 4.73. The van der Waals surface area contributed by atoms with Gasteiger partial charge in [0.25, 0.3) is 0 Å². The largest absolute Gasteiger partial charge is 0.261 e. The van der Waals surface area contributed by atoms with E-state index in [4.69, 9.17) is 0 Å². The van der Waals surface area contributed by atoms with Crippen LogP contribution in [-0.2, 0) is 0 Å². The molecule has 0 rings (SSSR count). The first-order valence-electron chi connectivity index (χ1n) is 7.12. The molecule has 0 aliphatic heterocycles. The Labute approximate surface area is 113 Å². The van der Waals surface area contributed by atoms with Gasteiger partial charge in [-0.2, -0.15) is 0 Å². The molecule has 18 heavy (non-hydrogen) atoms. The first-order valence-corrected chi connectivity index (χ1v) is 7.12. The highest BCUT2D eigenvalue weighted by Crippen LogP contribution is 2.31. The zero-order chi connectivity index (χ0) is 13.9. The first kappa shape index (κ1) is 16.9. The lowest BCUT2D eigenvalue weighted by Gasteiger charge is -2.28. The zero-order valence-electron chi connectivity index (χ0n) is 12.4. The highest BCUT2D eigenvalue weighted by Gasteiger charge is 2.26. The molecule has 0 spiro atoms. The molecule has 0 heterocycles. The summed E-state index contributed by atoms with van der Waals surface area (Å²) in [7, 11) is 0. The molecule has 0 fully saturated rings. The van der Waals surface area contributed by atoms with Crippen molar-refractivity contribution >= 4 is 5.71 Å². The summed E-state index contributed by atoms with van der Waals surface area (Å²) in [5.41, 5.74) is 1.28. The standard InChI is InChI=1S/C17H29N/c1-6-10-12-13-15-17(5,8-3)16(18-9-4)14-11-7-2/h7,9,11,14H,2,4,6,8,10,12-13,15H2,1,3,5H3/b14-11-,18-16+. The smallest absolute Gasteiger partial charge is 0.0462 e. The number of nitrogens with zero attached hydrogens (tertiary/aromatic N) is 1. The Bertz CT molecular complexity index is 299. The molecule has 0 bridgehead atoms. The SMILES string of the molecule is C=C/C=C\C(=N/C=C)C(C)(CC)CCCCCC. The monoisotopic (exact) mass is 247 g/mol. The van der Waals surface area contributed by atoms with Gasteiger partial charge in [0.1, 0.15) is 0 Å². The van der Waals surface area contributed by atoms with Crippen LogP contribution in [0.3, 0.4) is 0 Å². The van der Waals surface area contributed by atoms with Crippen molar-refractivity contribution in [3.63, 3.8) is 0 Å². The molecule has 0 aliphatic rings. The van der Waals surface area contributed by atoms with E-state index >= 15 is 0 Å². The summed E-state index contributed by atoms with van der Waals surface area (Å²) in [5, 5.41) is 0. The molecule has 0 radical (unpaired) electrons. The summed E-state index contributed by atoms with van der Waals surface area (Å²) in [6, 6.07) is 0. The molecule has 0 aromatic carbocycles. The minimum atomic E-state index is 0.154. The predicted molar refractivity (Wildman–Crippen MR) is 84.1 cm³/mol. The van der Waals surface area contributed by atoms with Gasteiger partial charge in [-0.3, -0.25) is 4.99 Å². The van der Waals surface area contributed by atoms with Gasteiger partial charge in [0, 0.05) is 17.3 Å². The van der Waals surface area contributed by atoms with Gasteiger partial charge >= 0.3 is 0 Å². The second-order valence-electron chi connectivity index (χ2n) is 5.02. The number of rotatable bonds is 10. The highest BCUT2D eigenvalue weighted by atomic mass is 14.7. The molecule has 0 aromatic rings. The van der Waals surface area contributed by atoms with Crippen molar-refractivity contribution in [3.8, 4) is 0 Å². The van der Waals surface area contributed by atoms with Crippen molar-refractivity contribution in [2.45, 2.75) is 59.3 Å². The Morgan fingerprint density at radius 3 is 2.39 bits per heavy atom. The van der Waals surface area contributed by atoms with E-state index in [1.165, 1.54) is 32.1 Å². The average Bonchev–Trinajstić information content (AvgIpc) is 2.39. The fourth-order valence-corrected chi connectivity index (χ4v) is 2.09. The van der Waals surface area contributed by atoms with E-state index in [-0.39, 0.29) is 5.41 Å². The summed E-state index contributed by atoms with van der Waals surface area (Å²) < 4.78 is 0. The van der Waals surface area contributed by atoms with Crippen molar-refractivity contribution in [1.29, 1.82) is 0 Å². The Kier molecular flexibility index (Phi) is 9.26. The van der Waals surface area contributed by atoms with Crippen LogP contribution in [0.5, 0.6) is 0 Å². The molecule has 0 aliphatic carbocycles. The number of allylic oxidation sites excluding steroid dienone is 3. The van der Waals surface area contributed by atoms with Crippen molar-refractivity contribution in [1.82, 2.24) is 0 Å². The average molecular weight is 247 g/mol. The quantitative estimate of drug-likeness (QED) is 0.267. The van der Waals surface area contributed by atoms with E-state index in [1.807, 2.05) is 6.08 Å². The van der Waals surface area contributed by atoms with E-state index in [0.717, 1.165) is 12.1 Å². The van der Waals surface area contributed by atoms with Crippen molar-refractivity contribution in [2.75, 3.05) is 0 Å². The third-order valence-electron chi connectivity index (χ3n) is 3.60. The topological polar surface area (TPSA) is 12.4 Å². The second kappa shape index (κ2) is 9.87. The van der Waals surface area contributed by atoms with Gasteiger partial charge in [0.05, 0.1) is 0 Å². The molecule has 1 heteroatoms. The Morgan fingerprint density at radius 2 is 1.89 bits per heavy atom. The van der Waals surface area contributed by atoms with Gasteiger partial charge in [-0.25, -0.2) is 0 Å². The molecule has 102 valence electrons. The van der Waals surface area contributed by atoms with Crippen LogP contribution < -0.4 is 0 Å². The molecule has 0 aromatic heterocycles. The number of unbranched alkanes of at least 4 members (excludes halogenated alkanes) is 3. The molecule has 1 unspecified atom stereocenters. The maximum atomic E-state index is 4.45. The maximum absolute atomic E-state index is 4.45. The predicted octanol–water partition coefficient (Wildman–Crippen LogP) is 5.70. The third-order valence-corrected chi connectivity index (χ3v) is 3.60. The summed E-state index contributed by atoms with van der Waals surface area (Å²) in [6.07, 6.45) is 15.0. The molecule has 1 atom stereocenters. The molecule has 0 N–H and O–H groups in total. The summed E-state index contributed by atoms with van der Waals surface area (Å²) >= 11 is 0. The van der Waals surface area contributed by atoms with Gasteiger partial charge in [-0.1, -0.05) is 71.8 Å². The second-order valence-corrected chi connectivity index (χ2v) is 5.02. The zero-order valence-corrected chi connectivity index (χ0v) is 12.4. The fraction of sp³-hybridized carbons (Fsp3) is 0.588. The number of hydrogen-bond donors (Lipinski definition) is 0. The van der Waals surface area contributed by atoms with Crippen molar-refractivity contribution in [2.24, 2.45) is 10.4 Å². The van der Waals surface area contributed by atoms with Gasteiger partial charge in [-0.05, 0) is 18.9 Å². The Hall–Kier alpha value is -1.11. The lowest BCUT2D eigenvalue weighted by molar-refractivity contribution is 0.391. The normalized spacial score (nSPS) is 15.6. The third kappa shape index (κ3) is 6.00. The summed E-state index contributed by atoms with van der Waals surface area (Å²) in [6.45, 7) is 14.2. The van der Waals surface area contributed by atoms with E-state index in [9.17, 15) is 0 Å². The summed E-state index contributed by atoms with van der Waals surface area (Å²) in [4.78, 5) is 4.45. The van der Waals surface area contributed by atoms with Crippen LogP contribution in [-0.4, -0.2) is 5.71 Å². The number of aliphatic imine (C=N–C) groups is 1. The van der Waals surface area contributed by atoms with Crippen LogP contribution in [0, 0.1) is 5.41 Å². The fourth-order valence-electron chi connectivity index (χ4n) is 2.09. The van der Waals surface area contributed by atoms with Crippen LogP contribution >= 0.6 is 0 Å². The summed E-state index contributed by atoms with van der Waals surface area (Å²) in [5.74, 6) is 0. The minimum Gasteiger partial charge on any atom is -0.261 e.